The quantitative estimate of drug-likeness (QED) is 0.289. The van der Waals surface area contributed by atoms with Crippen LogP contribution in [0.5, 0.6) is 5.75 Å². The van der Waals surface area contributed by atoms with E-state index in [-0.39, 0.29) is 0 Å². The van der Waals surface area contributed by atoms with E-state index in [1.165, 1.54) is 36.6 Å². The summed E-state index contributed by atoms with van der Waals surface area (Å²) in [5.74, 6) is 0.191. The number of aryl methyl sites for hydroxylation is 2. The highest BCUT2D eigenvalue weighted by molar-refractivity contribution is 6.34. The summed E-state index contributed by atoms with van der Waals surface area (Å²) < 4.78 is 21.1. The molecular weight excluding hydrogens is 461 g/mol. The topological polar surface area (TPSA) is 47.0 Å². The average molecular weight is 490 g/mol. The SMILES string of the molecule is Cc1cc(C)cc(-c2cnc3cc(Cl)c(-c4cccnc4F)cc3c2OCCC2CCCCN2)c1. The lowest BCUT2D eigenvalue weighted by atomic mass is 9.98. The van der Waals surface area contributed by atoms with Crippen molar-refractivity contribution in [2.45, 2.75) is 45.6 Å². The van der Waals surface area contributed by atoms with Crippen LogP contribution in [0.3, 0.4) is 0 Å². The molecule has 6 heteroatoms. The van der Waals surface area contributed by atoms with Crippen molar-refractivity contribution < 1.29 is 9.13 Å². The van der Waals surface area contributed by atoms with Crippen LogP contribution in [-0.2, 0) is 0 Å². The van der Waals surface area contributed by atoms with Gasteiger partial charge in [0.25, 0.3) is 0 Å². The maximum atomic E-state index is 14.6. The van der Waals surface area contributed by atoms with E-state index < -0.39 is 5.95 Å². The Labute approximate surface area is 210 Å². The van der Waals surface area contributed by atoms with E-state index in [9.17, 15) is 4.39 Å². The van der Waals surface area contributed by atoms with Crippen molar-refractivity contribution in [3.05, 3.63) is 77.0 Å². The molecule has 1 N–H and O–H groups in total. The molecule has 180 valence electrons. The maximum absolute atomic E-state index is 14.6. The second kappa shape index (κ2) is 10.3. The van der Waals surface area contributed by atoms with Crippen LogP contribution in [0.2, 0.25) is 5.02 Å². The van der Waals surface area contributed by atoms with Crippen molar-refractivity contribution in [1.82, 2.24) is 15.3 Å². The van der Waals surface area contributed by atoms with Gasteiger partial charge in [-0.1, -0.05) is 47.3 Å². The first-order chi connectivity index (χ1) is 17.0. The number of ether oxygens (including phenoxy) is 1. The van der Waals surface area contributed by atoms with Crippen molar-refractivity contribution >= 4 is 22.5 Å². The van der Waals surface area contributed by atoms with Crippen LogP contribution in [-0.4, -0.2) is 29.2 Å². The molecule has 1 aliphatic heterocycles. The van der Waals surface area contributed by atoms with Crippen LogP contribution in [0.25, 0.3) is 33.2 Å². The highest BCUT2D eigenvalue weighted by Crippen LogP contribution is 2.41. The molecule has 5 rings (SSSR count). The minimum atomic E-state index is -0.557. The molecular formula is C29H29ClFN3O. The number of piperidine rings is 1. The fraction of sp³-hybridized carbons (Fsp3) is 0.310. The Bertz CT molecular complexity index is 1350. The van der Waals surface area contributed by atoms with E-state index in [4.69, 9.17) is 21.3 Å². The number of halogens is 2. The minimum Gasteiger partial charge on any atom is -0.492 e. The highest BCUT2D eigenvalue weighted by atomic mass is 35.5. The summed E-state index contributed by atoms with van der Waals surface area (Å²) in [5, 5.41) is 4.82. The third-order valence-electron chi connectivity index (χ3n) is 6.61. The molecule has 0 radical (unpaired) electrons. The smallest absolute Gasteiger partial charge is 0.220 e. The van der Waals surface area contributed by atoms with Gasteiger partial charge < -0.3 is 10.1 Å². The summed E-state index contributed by atoms with van der Waals surface area (Å²) in [4.78, 5) is 8.51. The molecule has 1 atom stereocenters. The van der Waals surface area contributed by atoms with Gasteiger partial charge in [0.2, 0.25) is 5.95 Å². The Morgan fingerprint density at radius 1 is 1.03 bits per heavy atom. The molecule has 2 aromatic carbocycles. The third-order valence-corrected chi connectivity index (χ3v) is 6.93. The summed E-state index contributed by atoms with van der Waals surface area (Å²) in [5.41, 5.74) is 5.95. The van der Waals surface area contributed by atoms with Gasteiger partial charge in [0.15, 0.2) is 0 Å². The summed E-state index contributed by atoms with van der Waals surface area (Å²) in [6.45, 7) is 5.82. The first-order valence-corrected chi connectivity index (χ1v) is 12.6. The predicted molar refractivity (Wildman–Crippen MR) is 141 cm³/mol. The van der Waals surface area contributed by atoms with Gasteiger partial charge in [0, 0.05) is 40.5 Å². The molecule has 0 saturated carbocycles. The van der Waals surface area contributed by atoms with Crippen molar-refractivity contribution in [2.24, 2.45) is 0 Å². The van der Waals surface area contributed by atoms with E-state index >= 15 is 0 Å². The first-order valence-electron chi connectivity index (χ1n) is 12.2. The zero-order chi connectivity index (χ0) is 24.4. The Morgan fingerprint density at radius 2 is 1.86 bits per heavy atom. The second-order valence-corrected chi connectivity index (χ2v) is 9.76. The number of fused-ring (bicyclic) bond motifs is 1. The van der Waals surface area contributed by atoms with Gasteiger partial charge in [0.1, 0.15) is 5.75 Å². The molecule has 1 aliphatic rings. The molecule has 1 saturated heterocycles. The molecule has 0 spiro atoms. The van der Waals surface area contributed by atoms with Gasteiger partial charge in [-0.05, 0) is 69.5 Å². The van der Waals surface area contributed by atoms with Gasteiger partial charge in [-0.15, -0.1) is 0 Å². The van der Waals surface area contributed by atoms with Crippen molar-refractivity contribution in [1.29, 1.82) is 0 Å². The Balaban J connectivity index is 1.62. The highest BCUT2D eigenvalue weighted by Gasteiger charge is 2.19. The average Bonchev–Trinajstić information content (AvgIpc) is 2.84. The molecule has 2 aromatic heterocycles. The van der Waals surface area contributed by atoms with Crippen molar-refractivity contribution in [2.75, 3.05) is 13.2 Å². The van der Waals surface area contributed by atoms with Crippen LogP contribution >= 0.6 is 11.6 Å². The second-order valence-electron chi connectivity index (χ2n) is 9.35. The minimum absolute atomic E-state index is 0.355. The Kier molecular flexibility index (Phi) is 6.98. The number of hydrogen-bond donors (Lipinski definition) is 1. The largest absolute Gasteiger partial charge is 0.492 e. The fourth-order valence-corrected chi connectivity index (χ4v) is 5.21. The molecule has 35 heavy (non-hydrogen) atoms. The number of hydrogen-bond acceptors (Lipinski definition) is 4. The number of rotatable bonds is 6. The molecule has 4 aromatic rings. The fourth-order valence-electron chi connectivity index (χ4n) is 4.95. The lowest BCUT2D eigenvalue weighted by molar-refractivity contribution is 0.271. The van der Waals surface area contributed by atoms with Crippen molar-refractivity contribution in [3.63, 3.8) is 0 Å². The molecule has 1 fully saturated rings. The first kappa shape index (κ1) is 23.7. The van der Waals surface area contributed by atoms with Gasteiger partial charge in [-0.3, -0.25) is 4.98 Å². The third kappa shape index (κ3) is 5.16. The monoisotopic (exact) mass is 489 g/mol. The molecule has 0 amide bonds. The summed E-state index contributed by atoms with van der Waals surface area (Å²) in [6, 6.07) is 14.0. The number of pyridine rings is 2. The van der Waals surface area contributed by atoms with E-state index in [1.54, 1.807) is 18.2 Å². The zero-order valence-electron chi connectivity index (χ0n) is 20.1. The van der Waals surface area contributed by atoms with Crippen LogP contribution in [0, 0.1) is 19.8 Å². The number of aromatic nitrogens is 2. The Morgan fingerprint density at radius 3 is 2.60 bits per heavy atom. The lowest BCUT2D eigenvalue weighted by Crippen LogP contribution is -2.35. The van der Waals surface area contributed by atoms with E-state index in [2.05, 4.69) is 42.3 Å². The molecule has 3 heterocycles. The van der Waals surface area contributed by atoms with Crippen LogP contribution in [0.15, 0.2) is 54.9 Å². The zero-order valence-corrected chi connectivity index (χ0v) is 20.8. The molecule has 1 unspecified atom stereocenters. The number of nitrogens with zero attached hydrogens (tertiary/aromatic N) is 2. The lowest BCUT2D eigenvalue weighted by Gasteiger charge is -2.24. The van der Waals surface area contributed by atoms with Gasteiger partial charge >= 0.3 is 0 Å². The van der Waals surface area contributed by atoms with Gasteiger partial charge in [-0.25, -0.2) is 4.98 Å². The van der Waals surface area contributed by atoms with E-state index in [0.29, 0.717) is 34.3 Å². The van der Waals surface area contributed by atoms with Gasteiger partial charge in [-0.2, -0.15) is 4.39 Å². The Hall–Kier alpha value is -3.02. The van der Waals surface area contributed by atoms with Crippen LogP contribution in [0.1, 0.15) is 36.8 Å². The normalized spacial score (nSPS) is 15.9. The van der Waals surface area contributed by atoms with E-state index in [1.807, 2.05) is 12.3 Å². The molecule has 0 bridgehead atoms. The molecule has 4 nitrogen and oxygen atoms in total. The van der Waals surface area contributed by atoms with Gasteiger partial charge in [0.05, 0.1) is 17.1 Å². The maximum Gasteiger partial charge on any atom is 0.220 e. The number of benzene rings is 2. The standard InChI is InChI=1S/C29H29ClFN3O/c1-18-12-19(2)14-20(13-18)25-17-34-27-16-26(30)23(22-7-5-10-33-29(22)31)15-24(27)28(25)35-11-8-21-6-3-4-9-32-21/h5,7,10,12-17,21,32H,3-4,6,8-9,11H2,1-2H3. The summed E-state index contributed by atoms with van der Waals surface area (Å²) >= 11 is 6.58. The predicted octanol–water partition coefficient (Wildman–Crippen LogP) is 7.28. The van der Waals surface area contributed by atoms with Crippen LogP contribution in [0.4, 0.5) is 4.39 Å². The van der Waals surface area contributed by atoms with Crippen molar-refractivity contribution in [3.8, 4) is 28.0 Å². The number of nitrogens with one attached hydrogen (secondary N) is 1. The summed E-state index contributed by atoms with van der Waals surface area (Å²) in [7, 11) is 0. The van der Waals surface area contributed by atoms with E-state index in [0.717, 1.165) is 35.2 Å². The van der Waals surface area contributed by atoms with Crippen LogP contribution < -0.4 is 10.1 Å². The summed E-state index contributed by atoms with van der Waals surface area (Å²) in [6.07, 6.45) is 7.87. The molecule has 0 aliphatic carbocycles.